The van der Waals surface area contributed by atoms with E-state index in [1.165, 1.54) is 4.90 Å². The van der Waals surface area contributed by atoms with Gasteiger partial charge in [0, 0.05) is 62.1 Å². The zero-order chi connectivity index (χ0) is 25.6. The SMILES string of the molecule is O=C(Nc1cccnc1)c1cc(Nc2cnccn2)nc(-c2ccnc(N3CCN(C(=O)O)CC3)c2)c1. The molecule has 0 radical (unpaired) electrons. The molecule has 0 aliphatic carbocycles. The smallest absolute Gasteiger partial charge is 0.407 e. The van der Waals surface area contributed by atoms with E-state index in [4.69, 9.17) is 4.98 Å². The van der Waals surface area contributed by atoms with Crippen LogP contribution in [0.1, 0.15) is 10.4 Å². The zero-order valence-electron chi connectivity index (χ0n) is 19.7. The summed E-state index contributed by atoms with van der Waals surface area (Å²) in [4.78, 5) is 49.3. The van der Waals surface area contributed by atoms with Crippen molar-refractivity contribution in [1.29, 1.82) is 0 Å². The van der Waals surface area contributed by atoms with E-state index in [0.29, 0.717) is 60.6 Å². The van der Waals surface area contributed by atoms with E-state index in [1.54, 1.807) is 61.4 Å². The lowest BCUT2D eigenvalue weighted by Crippen LogP contribution is -2.48. The zero-order valence-corrected chi connectivity index (χ0v) is 19.7. The van der Waals surface area contributed by atoms with Crippen LogP contribution in [0.25, 0.3) is 11.3 Å². The molecule has 2 amide bonds. The summed E-state index contributed by atoms with van der Waals surface area (Å²) < 4.78 is 0. The maximum atomic E-state index is 13.1. The highest BCUT2D eigenvalue weighted by molar-refractivity contribution is 6.05. The maximum absolute atomic E-state index is 13.1. The number of carbonyl (C=O) groups is 2. The number of carboxylic acid groups (broad SMARTS) is 1. The van der Waals surface area contributed by atoms with Crippen LogP contribution < -0.4 is 15.5 Å². The molecule has 1 fully saturated rings. The second kappa shape index (κ2) is 10.6. The number of amides is 2. The molecule has 0 aromatic carbocycles. The summed E-state index contributed by atoms with van der Waals surface area (Å²) in [7, 11) is 0. The predicted molar refractivity (Wildman–Crippen MR) is 137 cm³/mol. The summed E-state index contributed by atoms with van der Waals surface area (Å²) in [6.45, 7) is 1.86. The molecule has 0 atom stereocenters. The molecule has 37 heavy (non-hydrogen) atoms. The van der Waals surface area contributed by atoms with Crippen LogP contribution in [-0.4, -0.2) is 73.1 Å². The third-order valence-electron chi connectivity index (χ3n) is 5.74. The largest absolute Gasteiger partial charge is 0.465 e. The Morgan fingerprint density at radius 1 is 0.865 bits per heavy atom. The average molecular weight is 498 g/mol. The third kappa shape index (κ3) is 5.75. The van der Waals surface area contributed by atoms with Crippen molar-refractivity contribution < 1.29 is 14.7 Å². The van der Waals surface area contributed by atoms with Crippen LogP contribution >= 0.6 is 0 Å². The van der Waals surface area contributed by atoms with E-state index in [-0.39, 0.29) is 5.91 Å². The molecule has 5 heterocycles. The molecule has 0 spiro atoms. The first kappa shape index (κ1) is 23.6. The molecular formula is C25H23N9O3. The van der Waals surface area contributed by atoms with Crippen LogP contribution in [0.15, 0.2) is 73.6 Å². The van der Waals surface area contributed by atoms with Crippen LogP contribution in [0, 0.1) is 0 Å². The number of hydrogen-bond donors (Lipinski definition) is 3. The van der Waals surface area contributed by atoms with Crippen molar-refractivity contribution >= 4 is 35.1 Å². The number of carbonyl (C=O) groups excluding carboxylic acids is 1. The fourth-order valence-electron chi connectivity index (χ4n) is 3.89. The van der Waals surface area contributed by atoms with Gasteiger partial charge in [0.15, 0.2) is 0 Å². The minimum atomic E-state index is -0.921. The summed E-state index contributed by atoms with van der Waals surface area (Å²) in [5.74, 6) is 1.29. The summed E-state index contributed by atoms with van der Waals surface area (Å²) in [6.07, 6.45) is 8.64. The molecule has 0 bridgehead atoms. The van der Waals surface area contributed by atoms with Gasteiger partial charge < -0.3 is 25.5 Å². The Morgan fingerprint density at radius 2 is 1.70 bits per heavy atom. The summed E-state index contributed by atoms with van der Waals surface area (Å²) >= 11 is 0. The molecule has 0 unspecified atom stereocenters. The minimum Gasteiger partial charge on any atom is -0.465 e. The molecule has 1 aliphatic heterocycles. The van der Waals surface area contributed by atoms with E-state index in [0.717, 1.165) is 5.56 Å². The molecule has 4 aromatic heterocycles. The van der Waals surface area contributed by atoms with Gasteiger partial charge in [0.1, 0.15) is 17.5 Å². The first-order chi connectivity index (χ1) is 18.0. The second-order valence-corrected chi connectivity index (χ2v) is 8.20. The molecule has 12 nitrogen and oxygen atoms in total. The van der Waals surface area contributed by atoms with Gasteiger partial charge in [0.2, 0.25) is 0 Å². The Labute approximate surface area is 212 Å². The van der Waals surface area contributed by atoms with Gasteiger partial charge in [0.25, 0.3) is 5.91 Å². The molecule has 3 N–H and O–H groups in total. The van der Waals surface area contributed by atoms with Crippen LogP contribution in [0.5, 0.6) is 0 Å². The Kier molecular flexibility index (Phi) is 6.79. The fourth-order valence-corrected chi connectivity index (χ4v) is 3.89. The maximum Gasteiger partial charge on any atom is 0.407 e. The minimum absolute atomic E-state index is 0.321. The molecule has 4 aromatic rings. The summed E-state index contributed by atoms with van der Waals surface area (Å²) in [5.41, 5.74) is 2.26. The quantitative estimate of drug-likeness (QED) is 0.363. The number of nitrogens with zero attached hydrogens (tertiary/aromatic N) is 7. The van der Waals surface area contributed by atoms with E-state index >= 15 is 0 Å². The number of hydrogen-bond acceptors (Lipinski definition) is 9. The van der Waals surface area contributed by atoms with Gasteiger partial charge >= 0.3 is 6.09 Å². The highest BCUT2D eigenvalue weighted by Gasteiger charge is 2.22. The first-order valence-corrected chi connectivity index (χ1v) is 11.5. The van der Waals surface area contributed by atoms with Crippen molar-refractivity contribution in [3.63, 3.8) is 0 Å². The Balaban J connectivity index is 1.45. The topological polar surface area (TPSA) is 149 Å². The van der Waals surface area contributed by atoms with Crippen LogP contribution in [0.3, 0.4) is 0 Å². The fraction of sp³-hybridized carbons (Fsp3) is 0.160. The van der Waals surface area contributed by atoms with Crippen molar-refractivity contribution in [3.05, 3.63) is 79.1 Å². The number of anilines is 4. The predicted octanol–water partition coefficient (Wildman–Crippen LogP) is 3.12. The van der Waals surface area contributed by atoms with E-state index < -0.39 is 6.09 Å². The van der Waals surface area contributed by atoms with Gasteiger partial charge in [-0.3, -0.25) is 14.8 Å². The highest BCUT2D eigenvalue weighted by Crippen LogP contribution is 2.26. The standard InChI is InChI=1S/C25H23N9O3/c35-24(30-19-2-1-4-26-15-19)18-12-20(31-21(13-18)32-22-16-27-6-7-28-22)17-3-5-29-23(14-17)33-8-10-34(11-9-33)25(36)37/h1-7,12-16H,8-11H2,(H,30,35)(H,36,37)(H,28,31,32). The highest BCUT2D eigenvalue weighted by atomic mass is 16.4. The van der Waals surface area contributed by atoms with E-state index in [9.17, 15) is 14.7 Å². The van der Waals surface area contributed by atoms with Crippen LogP contribution in [0.4, 0.5) is 27.9 Å². The molecule has 5 rings (SSSR count). The number of aromatic nitrogens is 5. The molecule has 1 aliphatic rings. The molecule has 1 saturated heterocycles. The van der Waals surface area contributed by atoms with Gasteiger partial charge in [-0.1, -0.05) is 0 Å². The summed E-state index contributed by atoms with van der Waals surface area (Å²) in [5, 5.41) is 15.2. The first-order valence-electron chi connectivity index (χ1n) is 11.5. The normalized spacial score (nSPS) is 13.2. The van der Waals surface area contributed by atoms with Crippen molar-refractivity contribution in [3.8, 4) is 11.3 Å². The van der Waals surface area contributed by atoms with Gasteiger partial charge in [-0.05, 0) is 36.4 Å². The lowest BCUT2D eigenvalue weighted by atomic mass is 10.1. The van der Waals surface area contributed by atoms with Crippen molar-refractivity contribution in [1.82, 2.24) is 29.8 Å². The molecule has 0 saturated carbocycles. The average Bonchev–Trinajstić information content (AvgIpc) is 2.94. The number of piperazine rings is 1. The van der Waals surface area contributed by atoms with Crippen molar-refractivity contribution in [2.45, 2.75) is 0 Å². The second-order valence-electron chi connectivity index (χ2n) is 8.20. The third-order valence-corrected chi connectivity index (χ3v) is 5.74. The molecule has 186 valence electrons. The van der Waals surface area contributed by atoms with Crippen molar-refractivity contribution in [2.75, 3.05) is 41.7 Å². The lowest BCUT2D eigenvalue weighted by molar-refractivity contribution is 0.102. The van der Waals surface area contributed by atoms with Crippen LogP contribution in [-0.2, 0) is 0 Å². The van der Waals surface area contributed by atoms with Gasteiger partial charge in [-0.2, -0.15) is 0 Å². The van der Waals surface area contributed by atoms with E-state index in [1.807, 2.05) is 17.0 Å². The van der Waals surface area contributed by atoms with Crippen molar-refractivity contribution in [2.24, 2.45) is 0 Å². The monoisotopic (exact) mass is 497 g/mol. The van der Waals surface area contributed by atoms with Gasteiger partial charge in [-0.25, -0.2) is 19.7 Å². The van der Waals surface area contributed by atoms with E-state index in [2.05, 4.69) is 30.6 Å². The van der Waals surface area contributed by atoms with Gasteiger partial charge in [0.05, 0.1) is 23.8 Å². The number of rotatable bonds is 6. The molecular weight excluding hydrogens is 474 g/mol. The number of nitrogens with one attached hydrogen (secondary N) is 2. The Morgan fingerprint density at radius 3 is 2.43 bits per heavy atom. The Bertz CT molecular complexity index is 1400. The van der Waals surface area contributed by atoms with Gasteiger partial charge in [-0.15, -0.1) is 0 Å². The van der Waals surface area contributed by atoms with Crippen LogP contribution in [0.2, 0.25) is 0 Å². The summed E-state index contributed by atoms with van der Waals surface area (Å²) in [6, 6.07) is 10.5. The molecule has 12 heteroatoms. The number of pyridine rings is 3. The lowest BCUT2D eigenvalue weighted by Gasteiger charge is -2.33. The Hall–Kier alpha value is -5.13.